The van der Waals surface area contributed by atoms with Crippen molar-refractivity contribution in [2.24, 2.45) is 11.8 Å². The zero-order valence-electron chi connectivity index (χ0n) is 33.5. The minimum absolute atomic E-state index is 0.124. The van der Waals surface area contributed by atoms with E-state index in [1.165, 1.54) is 6.42 Å². The lowest BCUT2D eigenvalue weighted by molar-refractivity contribution is -0.132. The van der Waals surface area contributed by atoms with Crippen LogP contribution in [0.2, 0.25) is 0 Å². The van der Waals surface area contributed by atoms with Gasteiger partial charge in [-0.3, -0.25) is 19.4 Å². The second-order valence-corrected chi connectivity index (χ2v) is 15.8. The maximum atomic E-state index is 14.5. The molecular weight excluding hydrogens is 711 g/mol. The van der Waals surface area contributed by atoms with Crippen molar-refractivity contribution in [2.45, 2.75) is 109 Å². The molecule has 57 heavy (non-hydrogen) atoms. The summed E-state index contributed by atoms with van der Waals surface area (Å²) in [6.45, 7) is 4.20. The second-order valence-electron chi connectivity index (χ2n) is 15.8. The molecule has 0 bridgehead atoms. The van der Waals surface area contributed by atoms with Crippen molar-refractivity contribution < 1.29 is 19.5 Å². The predicted octanol–water partition coefficient (Wildman–Crippen LogP) is 7.18. The molecule has 0 saturated heterocycles. The Morgan fingerprint density at radius 2 is 1.35 bits per heavy atom. The highest BCUT2D eigenvalue weighted by Crippen LogP contribution is 2.29. The summed E-state index contributed by atoms with van der Waals surface area (Å²) in [5.41, 5.74) is 2.94. The number of hydrogen-bond acceptors (Lipinski definition) is 6. The van der Waals surface area contributed by atoms with Gasteiger partial charge in [-0.15, -0.1) is 0 Å². The Morgan fingerprint density at radius 3 is 1.96 bits per heavy atom. The van der Waals surface area contributed by atoms with Crippen LogP contribution >= 0.6 is 0 Å². The van der Waals surface area contributed by atoms with E-state index in [-0.39, 0.29) is 24.3 Å². The molecule has 4 atom stereocenters. The van der Waals surface area contributed by atoms with E-state index in [1.807, 2.05) is 61.5 Å². The molecule has 1 aromatic heterocycles. The normalized spacial score (nSPS) is 15.5. The second kappa shape index (κ2) is 20.9. The minimum Gasteiger partial charge on any atom is -0.390 e. The monoisotopic (exact) mass is 769 g/mol. The number of aromatic nitrogens is 1. The molecule has 1 fully saturated rings. The Morgan fingerprint density at radius 1 is 0.737 bits per heavy atom. The standard InChI is InChI=1S/C48H59N5O4/c1-3-15-43(48(57)53-44(28-34-16-5-4-6-17-34)45(54)32-50-33(2)46(55)51-31-40-24-11-12-27-49-40)52-47(56)39(29-37-22-13-20-35-18-7-9-25-41(35)37)30-38-23-14-21-36-19-8-10-26-42(36)38/h7-14,18-27,33-34,39,43-45,50,54H,3-6,15-17,28-32H2,1-2H3,(H,51,55)(H,52,56)(H,53,57)/t33-,43-,44-,45?/m0/s1. The number of carbonyl (C=O) groups excluding carboxylic acids is 3. The van der Waals surface area contributed by atoms with E-state index in [0.717, 1.165) is 64.0 Å². The quantitative estimate of drug-likeness (QED) is 0.0605. The number of fused-ring (bicyclic) bond motifs is 2. The topological polar surface area (TPSA) is 132 Å². The molecule has 1 heterocycles. The first-order valence-corrected chi connectivity index (χ1v) is 20.9. The maximum Gasteiger partial charge on any atom is 0.242 e. The van der Waals surface area contributed by atoms with E-state index < -0.39 is 30.1 Å². The molecule has 0 spiro atoms. The Bertz CT molecular complexity index is 1970. The van der Waals surface area contributed by atoms with Crippen molar-refractivity contribution >= 4 is 39.3 Å². The van der Waals surface area contributed by atoms with E-state index in [9.17, 15) is 19.5 Å². The van der Waals surface area contributed by atoms with Crippen molar-refractivity contribution in [1.82, 2.24) is 26.3 Å². The molecule has 300 valence electrons. The van der Waals surface area contributed by atoms with Gasteiger partial charge in [0.1, 0.15) is 6.04 Å². The summed E-state index contributed by atoms with van der Waals surface area (Å²) in [5, 5.41) is 28.5. The number of amides is 3. The molecular formula is C48H59N5O4. The first kappa shape index (κ1) is 41.5. The minimum atomic E-state index is -0.939. The molecule has 9 heteroatoms. The summed E-state index contributed by atoms with van der Waals surface area (Å²) in [5.74, 6) is -0.719. The fraction of sp³-hybridized carbons (Fsp3) is 0.417. The molecule has 1 aliphatic rings. The van der Waals surface area contributed by atoms with E-state index in [4.69, 9.17) is 0 Å². The van der Waals surface area contributed by atoms with Gasteiger partial charge in [0, 0.05) is 18.7 Å². The average molecular weight is 770 g/mol. The van der Waals surface area contributed by atoms with Crippen LogP contribution in [0.25, 0.3) is 21.5 Å². The number of pyridine rings is 1. The van der Waals surface area contributed by atoms with Crippen molar-refractivity contribution in [3.63, 3.8) is 0 Å². The molecule has 1 unspecified atom stereocenters. The lowest BCUT2D eigenvalue weighted by Gasteiger charge is -2.32. The molecule has 1 saturated carbocycles. The molecule has 9 nitrogen and oxygen atoms in total. The highest BCUT2D eigenvalue weighted by Gasteiger charge is 2.31. The van der Waals surface area contributed by atoms with Crippen LogP contribution < -0.4 is 21.3 Å². The average Bonchev–Trinajstić information content (AvgIpc) is 3.24. The third-order valence-electron chi connectivity index (χ3n) is 11.6. The van der Waals surface area contributed by atoms with Gasteiger partial charge in [-0.2, -0.15) is 0 Å². The van der Waals surface area contributed by atoms with Crippen LogP contribution in [0.1, 0.15) is 82.0 Å². The first-order valence-electron chi connectivity index (χ1n) is 20.9. The molecule has 6 rings (SSSR count). The number of benzene rings is 4. The van der Waals surface area contributed by atoms with Crippen LogP contribution in [0, 0.1) is 11.8 Å². The van der Waals surface area contributed by atoms with Gasteiger partial charge in [0.05, 0.1) is 30.4 Å². The van der Waals surface area contributed by atoms with Crippen molar-refractivity contribution in [1.29, 1.82) is 0 Å². The lowest BCUT2D eigenvalue weighted by atomic mass is 9.83. The van der Waals surface area contributed by atoms with Gasteiger partial charge < -0.3 is 26.4 Å². The largest absolute Gasteiger partial charge is 0.390 e. The lowest BCUT2D eigenvalue weighted by Crippen LogP contribution is -2.56. The molecule has 5 N–H and O–H groups in total. The fourth-order valence-corrected chi connectivity index (χ4v) is 8.32. The Balaban J connectivity index is 1.17. The Kier molecular flexibility index (Phi) is 15.2. The molecule has 0 aliphatic heterocycles. The predicted molar refractivity (Wildman–Crippen MR) is 228 cm³/mol. The highest BCUT2D eigenvalue weighted by molar-refractivity contribution is 5.91. The Labute approximate surface area is 337 Å². The molecule has 4 aromatic carbocycles. The number of aliphatic hydroxyl groups excluding tert-OH is 1. The van der Waals surface area contributed by atoms with E-state index in [2.05, 4.69) is 74.8 Å². The zero-order valence-corrected chi connectivity index (χ0v) is 33.5. The van der Waals surface area contributed by atoms with Crippen LogP contribution in [-0.4, -0.2) is 58.6 Å². The van der Waals surface area contributed by atoms with Gasteiger partial charge in [-0.25, -0.2) is 0 Å². The summed E-state index contributed by atoms with van der Waals surface area (Å²) in [6.07, 6.45) is 9.14. The van der Waals surface area contributed by atoms with Crippen LogP contribution in [0.15, 0.2) is 109 Å². The smallest absolute Gasteiger partial charge is 0.242 e. The van der Waals surface area contributed by atoms with Gasteiger partial charge >= 0.3 is 0 Å². The maximum absolute atomic E-state index is 14.5. The zero-order chi connectivity index (χ0) is 40.0. The van der Waals surface area contributed by atoms with Crippen molar-refractivity contribution in [2.75, 3.05) is 6.54 Å². The number of nitrogens with zero attached hydrogens (tertiary/aromatic N) is 1. The SMILES string of the molecule is CCC[C@H](NC(=O)C(Cc1cccc2ccccc12)Cc1cccc2ccccc12)C(=O)N[C@@H](CC1CCCCC1)C(O)CN[C@@H](C)C(=O)NCc1ccccn1. The van der Waals surface area contributed by atoms with Gasteiger partial charge in [-0.05, 0) is 83.3 Å². The van der Waals surface area contributed by atoms with Crippen LogP contribution in [0.3, 0.4) is 0 Å². The number of rotatable bonds is 19. The van der Waals surface area contributed by atoms with E-state index in [0.29, 0.717) is 44.6 Å². The third kappa shape index (κ3) is 11.7. The van der Waals surface area contributed by atoms with E-state index >= 15 is 0 Å². The summed E-state index contributed by atoms with van der Waals surface area (Å²) in [4.78, 5) is 45.9. The van der Waals surface area contributed by atoms with Crippen LogP contribution in [-0.2, 0) is 33.8 Å². The number of hydrogen-bond donors (Lipinski definition) is 5. The summed E-state index contributed by atoms with van der Waals surface area (Å²) in [7, 11) is 0. The molecule has 5 aromatic rings. The number of nitrogens with one attached hydrogen (secondary N) is 4. The number of aliphatic hydroxyl groups is 1. The van der Waals surface area contributed by atoms with Gasteiger partial charge in [0.15, 0.2) is 0 Å². The van der Waals surface area contributed by atoms with Gasteiger partial charge in [-0.1, -0.05) is 136 Å². The third-order valence-corrected chi connectivity index (χ3v) is 11.6. The highest BCUT2D eigenvalue weighted by atomic mass is 16.3. The van der Waals surface area contributed by atoms with Crippen molar-refractivity contribution in [3.05, 3.63) is 126 Å². The van der Waals surface area contributed by atoms with Gasteiger partial charge in [0.2, 0.25) is 17.7 Å². The van der Waals surface area contributed by atoms with E-state index in [1.54, 1.807) is 13.1 Å². The summed E-state index contributed by atoms with van der Waals surface area (Å²) >= 11 is 0. The number of carbonyl (C=O) groups is 3. The first-order chi connectivity index (χ1) is 27.8. The fourth-order valence-electron chi connectivity index (χ4n) is 8.32. The summed E-state index contributed by atoms with van der Waals surface area (Å²) in [6, 6.07) is 32.6. The Hall–Kier alpha value is -5.12. The van der Waals surface area contributed by atoms with Crippen LogP contribution in [0.4, 0.5) is 0 Å². The molecule has 3 amide bonds. The van der Waals surface area contributed by atoms with Crippen molar-refractivity contribution in [3.8, 4) is 0 Å². The summed E-state index contributed by atoms with van der Waals surface area (Å²) < 4.78 is 0. The molecule has 1 aliphatic carbocycles. The van der Waals surface area contributed by atoms with Crippen LogP contribution in [0.5, 0.6) is 0 Å². The van der Waals surface area contributed by atoms with Gasteiger partial charge in [0.25, 0.3) is 0 Å². The molecule has 0 radical (unpaired) electrons.